The highest BCUT2D eigenvalue weighted by Crippen LogP contribution is 2.21. The molecule has 0 fully saturated rings. The van der Waals surface area contributed by atoms with Crippen molar-refractivity contribution in [1.29, 1.82) is 0 Å². The van der Waals surface area contributed by atoms with E-state index in [0.29, 0.717) is 5.47 Å². The maximum Gasteiger partial charge on any atom is 0.114 e. The minimum Gasteiger partial charge on any atom is -0.0991 e. The Labute approximate surface area is 100 Å². The smallest absolute Gasteiger partial charge is 0.0991 e. The molecule has 0 aromatic rings. The monoisotopic (exact) mass is 208 g/mol. The Kier molecular flexibility index (Phi) is 6.70. The van der Waals surface area contributed by atoms with E-state index in [0.717, 1.165) is 16.7 Å². The molecular weight excluding hydrogens is 191 g/mol. The molecule has 0 spiro atoms. The molecule has 16 heavy (non-hydrogen) atoms. The van der Waals surface area contributed by atoms with Crippen molar-refractivity contribution < 1.29 is 0 Å². The second-order valence-electron chi connectivity index (χ2n) is 3.18. The van der Waals surface area contributed by atoms with E-state index in [4.69, 9.17) is 7.85 Å². The van der Waals surface area contributed by atoms with Crippen LogP contribution in [0, 0.1) is 0 Å². The summed E-state index contributed by atoms with van der Waals surface area (Å²) in [5.41, 5.74) is 3.47. The van der Waals surface area contributed by atoms with Gasteiger partial charge in [-0.15, -0.1) is 0 Å². The van der Waals surface area contributed by atoms with Crippen LogP contribution in [0.5, 0.6) is 0 Å². The predicted octanol–water partition coefficient (Wildman–Crippen LogP) is 4.03. The molecule has 0 aliphatic carbocycles. The zero-order chi connectivity index (χ0) is 12.6. The van der Waals surface area contributed by atoms with Crippen molar-refractivity contribution in [3.8, 4) is 0 Å². The largest absolute Gasteiger partial charge is 0.114 e. The minimum absolute atomic E-state index is 0.622. The van der Waals surface area contributed by atoms with Gasteiger partial charge in [-0.05, 0) is 23.6 Å². The van der Waals surface area contributed by atoms with E-state index in [1.165, 1.54) is 0 Å². The van der Waals surface area contributed by atoms with Gasteiger partial charge < -0.3 is 0 Å². The molecule has 0 bridgehead atoms. The van der Waals surface area contributed by atoms with E-state index in [1.54, 1.807) is 30.4 Å². The van der Waals surface area contributed by atoms with E-state index in [2.05, 4.69) is 26.3 Å². The Morgan fingerprint density at radius 2 is 1.38 bits per heavy atom. The van der Waals surface area contributed by atoms with E-state index in [1.807, 2.05) is 13.0 Å². The van der Waals surface area contributed by atoms with Crippen molar-refractivity contribution in [1.82, 2.24) is 0 Å². The number of hydrogen-bond acceptors (Lipinski definition) is 0. The van der Waals surface area contributed by atoms with Crippen molar-refractivity contribution in [2.45, 2.75) is 6.92 Å². The Morgan fingerprint density at radius 3 is 1.75 bits per heavy atom. The van der Waals surface area contributed by atoms with Gasteiger partial charge in [0, 0.05) is 0 Å². The van der Waals surface area contributed by atoms with E-state index in [9.17, 15) is 0 Å². The Morgan fingerprint density at radius 1 is 0.875 bits per heavy atom. The lowest BCUT2D eigenvalue weighted by Crippen LogP contribution is -1.93. The zero-order valence-corrected chi connectivity index (χ0v) is 9.87. The highest BCUT2D eigenvalue weighted by molar-refractivity contribution is 6.25. The molecule has 0 aromatic heterocycles. The molecule has 2 radical (unpaired) electrons. The molecule has 1 heteroatoms. The summed E-state index contributed by atoms with van der Waals surface area (Å²) in [5, 5.41) is 0. The Balaban J connectivity index is 5.73. The number of hydrogen-bond donors (Lipinski definition) is 0. The van der Waals surface area contributed by atoms with E-state index >= 15 is 0 Å². The van der Waals surface area contributed by atoms with Crippen molar-refractivity contribution in [2.75, 3.05) is 0 Å². The standard InChI is InChI=1S/C15H17B/c1-6-10-12(5)13(8-3)14(9-4)15(16)11-7-2/h6-11H,1-4H2,5H3/b12-10-,14-13+,15-11+. The molecule has 0 unspecified atom stereocenters. The van der Waals surface area contributed by atoms with Crippen LogP contribution in [-0.2, 0) is 0 Å². The summed E-state index contributed by atoms with van der Waals surface area (Å²) < 4.78 is 0. The van der Waals surface area contributed by atoms with Crippen LogP contribution in [0.2, 0.25) is 0 Å². The fraction of sp³-hybridized carbons (Fsp3) is 0.0667. The molecule has 0 N–H and O–H groups in total. The number of rotatable bonds is 6. The second kappa shape index (κ2) is 7.53. The van der Waals surface area contributed by atoms with Crippen molar-refractivity contribution in [3.63, 3.8) is 0 Å². The summed E-state index contributed by atoms with van der Waals surface area (Å²) in [6, 6.07) is 0. The summed E-state index contributed by atoms with van der Waals surface area (Å²) >= 11 is 0. The lowest BCUT2D eigenvalue weighted by atomic mass is 9.83. The molecule has 0 saturated carbocycles. The average Bonchev–Trinajstić information content (AvgIpc) is 2.25. The molecule has 0 aromatic carbocycles. The van der Waals surface area contributed by atoms with Gasteiger partial charge >= 0.3 is 0 Å². The molecule has 0 heterocycles. The maximum atomic E-state index is 5.91. The third-order valence-corrected chi connectivity index (χ3v) is 2.10. The van der Waals surface area contributed by atoms with Crippen LogP contribution >= 0.6 is 0 Å². The van der Waals surface area contributed by atoms with Crippen LogP contribution in [-0.4, -0.2) is 7.85 Å². The topological polar surface area (TPSA) is 0 Å². The van der Waals surface area contributed by atoms with Crippen molar-refractivity contribution >= 4 is 7.85 Å². The van der Waals surface area contributed by atoms with Gasteiger partial charge in [0.25, 0.3) is 0 Å². The molecule has 0 aliphatic rings. The fourth-order valence-corrected chi connectivity index (χ4v) is 1.35. The van der Waals surface area contributed by atoms with Crippen LogP contribution in [0.4, 0.5) is 0 Å². The van der Waals surface area contributed by atoms with Crippen molar-refractivity contribution in [3.05, 3.63) is 85.0 Å². The quantitative estimate of drug-likeness (QED) is 0.456. The first-order chi connectivity index (χ1) is 7.62. The van der Waals surface area contributed by atoms with Gasteiger partial charge in [0.15, 0.2) is 0 Å². The molecule has 0 saturated heterocycles. The van der Waals surface area contributed by atoms with Gasteiger partial charge in [0.2, 0.25) is 0 Å². The van der Waals surface area contributed by atoms with Gasteiger partial charge in [-0.25, -0.2) is 0 Å². The zero-order valence-electron chi connectivity index (χ0n) is 9.87. The summed E-state index contributed by atoms with van der Waals surface area (Å²) in [6.45, 7) is 16.8. The molecule has 0 nitrogen and oxygen atoms in total. The molecular formula is C15H17B. The molecule has 80 valence electrons. The minimum atomic E-state index is 0.622. The van der Waals surface area contributed by atoms with E-state index in [-0.39, 0.29) is 0 Å². The lowest BCUT2D eigenvalue weighted by molar-refractivity contribution is 1.39. The second-order valence-corrected chi connectivity index (χ2v) is 3.18. The summed E-state index contributed by atoms with van der Waals surface area (Å²) in [4.78, 5) is 0. The van der Waals surface area contributed by atoms with Gasteiger partial charge in [-0.2, -0.15) is 0 Å². The highest BCUT2D eigenvalue weighted by Gasteiger charge is 2.03. The van der Waals surface area contributed by atoms with Crippen LogP contribution in [0.3, 0.4) is 0 Å². The predicted molar refractivity (Wildman–Crippen MR) is 75.4 cm³/mol. The van der Waals surface area contributed by atoms with Gasteiger partial charge in [-0.1, -0.05) is 68.2 Å². The first-order valence-corrected chi connectivity index (χ1v) is 4.99. The molecule has 0 amide bonds. The maximum absolute atomic E-state index is 5.91. The third kappa shape index (κ3) is 3.78. The molecule has 0 aliphatic heterocycles. The van der Waals surface area contributed by atoms with Crippen LogP contribution in [0.1, 0.15) is 6.92 Å². The Bertz CT molecular complexity index is 352. The molecule has 0 rings (SSSR count). The Hall–Kier alpha value is -1.76. The summed E-state index contributed by atoms with van der Waals surface area (Å²) in [6.07, 6.45) is 10.5. The summed E-state index contributed by atoms with van der Waals surface area (Å²) in [7, 11) is 5.91. The summed E-state index contributed by atoms with van der Waals surface area (Å²) in [5.74, 6) is 0. The average molecular weight is 208 g/mol. The highest BCUT2D eigenvalue weighted by atomic mass is 14.1. The third-order valence-electron chi connectivity index (χ3n) is 2.10. The van der Waals surface area contributed by atoms with E-state index < -0.39 is 0 Å². The number of allylic oxidation sites excluding steroid dienone is 10. The van der Waals surface area contributed by atoms with Crippen LogP contribution < -0.4 is 0 Å². The van der Waals surface area contributed by atoms with Crippen LogP contribution in [0.15, 0.2) is 85.0 Å². The molecule has 0 atom stereocenters. The SMILES string of the molecule is [B]C(=C/C=C)/C(C=C)=C(C=C)/C(C)=C\C=C. The lowest BCUT2D eigenvalue weighted by Gasteiger charge is -2.10. The first kappa shape index (κ1) is 14.2. The normalized spacial score (nSPS) is 13.8. The first-order valence-electron chi connectivity index (χ1n) is 4.99. The van der Waals surface area contributed by atoms with Gasteiger partial charge in [-0.3, -0.25) is 0 Å². The van der Waals surface area contributed by atoms with Crippen molar-refractivity contribution in [2.24, 2.45) is 0 Å². The van der Waals surface area contributed by atoms with Crippen LogP contribution in [0.25, 0.3) is 0 Å². The van der Waals surface area contributed by atoms with Gasteiger partial charge in [0.05, 0.1) is 0 Å². The fourth-order valence-electron chi connectivity index (χ4n) is 1.35. The van der Waals surface area contributed by atoms with Gasteiger partial charge in [0.1, 0.15) is 7.85 Å².